The Morgan fingerprint density at radius 1 is 1.12 bits per heavy atom. The number of aromatic amines is 1. The third kappa shape index (κ3) is 5.05. The number of nitrogens with zero attached hydrogens (tertiary/aromatic N) is 2. The first-order valence-corrected chi connectivity index (χ1v) is 10.4. The summed E-state index contributed by atoms with van der Waals surface area (Å²) in [5.41, 5.74) is 3.71. The second-order valence-corrected chi connectivity index (χ2v) is 7.66. The molecular weight excluding hydrogens is 441 g/mol. The van der Waals surface area contributed by atoms with Crippen LogP contribution in [0.5, 0.6) is 0 Å². The van der Waals surface area contributed by atoms with Crippen molar-refractivity contribution >= 4 is 35.6 Å². The van der Waals surface area contributed by atoms with Crippen LogP contribution < -0.4 is 5.32 Å². The summed E-state index contributed by atoms with van der Waals surface area (Å²) in [5.74, 6) is 0.287. The van der Waals surface area contributed by atoms with E-state index in [-0.39, 0.29) is 11.7 Å². The standard InChI is InChI=1S/C25H19ClFN5O/c1-15-13-17(6-9-20(15)27)23-24(31-21(30-23)3-2-11-28)18-10-12-29-22(14-18)32-25(33)16-4-7-19(26)8-5-16/h2-14,28H,1H3,(H,30,31)(H,29,32,33)/b3-2-,28-11?. The predicted octanol–water partition coefficient (Wildman–Crippen LogP) is 6.15. The Morgan fingerprint density at radius 2 is 1.91 bits per heavy atom. The molecule has 4 aromatic rings. The maximum atomic E-state index is 13.8. The second kappa shape index (κ2) is 9.58. The molecule has 0 bridgehead atoms. The molecule has 0 radical (unpaired) electrons. The number of aryl methyl sites for hydroxylation is 1. The number of H-pyrrole nitrogens is 1. The van der Waals surface area contributed by atoms with Crippen LogP contribution in [0.3, 0.4) is 0 Å². The zero-order chi connectivity index (χ0) is 23.4. The molecule has 1 amide bonds. The van der Waals surface area contributed by atoms with Gasteiger partial charge in [-0.2, -0.15) is 0 Å². The normalized spacial score (nSPS) is 11.0. The number of hydrogen-bond donors (Lipinski definition) is 3. The molecule has 6 nitrogen and oxygen atoms in total. The number of hydrogen-bond acceptors (Lipinski definition) is 4. The number of carbonyl (C=O) groups is 1. The molecule has 0 aliphatic rings. The first-order chi connectivity index (χ1) is 15.9. The fraction of sp³-hybridized carbons (Fsp3) is 0.0400. The van der Waals surface area contributed by atoms with Gasteiger partial charge in [-0.15, -0.1) is 0 Å². The van der Waals surface area contributed by atoms with Gasteiger partial charge in [0.15, 0.2) is 0 Å². The van der Waals surface area contributed by atoms with Gasteiger partial charge in [0.1, 0.15) is 17.5 Å². The molecule has 0 saturated carbocycles. The zero-order valence-corrected chi connectivity index (χ0v) is 18.3. The molecule has 2 aromatic carbocycles. The van der Waals surface area contributed by atoms with E-state index < -0.39 is 0 Å². The van der Waals surface area contributed by atoms with Crippen LogP contribution >= 0.6 is 11.6 Å². The number of aromatic nitrogens is 3. The van der Waals surface area contributed by atoms with Gasteiger partial charge in [0.05, 0.1) is 11.4 Å². The maximum Gasteiger partial charge on any atom is 0.256 e. The van der Waals surface area contributed by atoms with E-state index in [0.29, 0.717) is 39.2 Å². The van der Waals surface area contributed by atoms with Crippen LogP contribution in [0.4, 0.5) is 10.2 Å². The van der Waals surface area contributed by atoms with Gasteiger partial charge < -0.3 is 15.7 Å². The minimum Gasteiger partial charge on any atom is -0.338 e. The van der Waals surface area contributed by atoms with Crippen LogP contribution in [0.25, 0.3) is 28.6 Å². The molecule has 0 aliphatic carbocycles. The van der Waals surface area contributed by atoms with Crippen molar-refractivity contribution < 1.29 is 9.18 Å². The van der Waals surface area contributed by atoms with Gasteiger partial charge in [-0.1, -0.05) is 11.6 Å². The van der Waals surface area contributed by atoms with Crippen molar-refractivity contribution in [2.75, 3.05) is 5.32 Å². The van der Waals surface area contributed by atoms with E-state index in [1.165, 1.54) is 6.07 Å². The largest absolute Gasteiger partial charge is 0.338 e. The van der Waals surface area contributed by atoms with Crippen LogP contribution in [0.15, 0.2) is 66.9 Å². The number of anilines is 1. The molecule has 0 saturated heterocycles. The molecule has 33 heavy (non-hydrogen) atoms. The lowest BCUT2D eigenvalue weighted by Gasteiger charge is -2.08. The first-order valence-electron chi connectivity index (χ1n) is 10.0. The predicted molar refractivity (Wildman–Crippen MR) is 129 cm³/mol. The number of pyridine rings is 1. The van der Waals surface area contributed by atoms with E-state index in [4.69, 9.17) is 17.0 Å². The number of halogens is 2. The molecule has 0 fully saturated rings. The lowest BCUT2D eigenvalue weighted by atomic mass is 10.0. The molecule has 4 rings (SSSR count). The van der Waals surface area contributed by atoms with Crippen molar-refractivity contribution in [2.24, 2.45) is 0 Å². The Morgan fingerprint density at radius 3 is 2.64 bits per heavy atom. The van der Waals surface area contributed by atoms with Gasteiger partial charge in [0, 0.05) is 34.1 Å². The highest BCUT2D eigenvalue weighted by atomic mass is 35.5. The number of imidazole rings is 1. The van der Waals surface area contributed by atoms with Crippen LogP contribution in [-0.4, -0.2) is 27.1 Å². The van der Waals surface area contributed by atoms with E-state index >= 15 is 0 Å². The van der Waals surface area contributed by atoms with Gasteiger partial charge in [-0.3, -0.25) is 4.79 Å². The van der Waals surface area contributed by atoms with Crippen molar-refractivity contribution in [3.63, 3.8) is 0 Å². The molecule has 0 unspecified atom stereocenters. The Kier molecular flexibility index (Phi) is 6.42. The smallest absolute Gasteiger partial charge is 0.256 e. The molecule has 0 atom stereocenters. The highest BCUT2D eigenvalue weighted by Gasteiger charge is 2.16. The summed E-state index contributed by atoms with van der Waals surface area (Å²) in [6.45, 7) is 1.69. The number of carbonyl (C=O) groups excluding carboxylic acids is 1. The summed E-state index contributed by atoms with van der Waals surface area (Å²) in [7, 11) is 0. The summed E-state index contributed by atoms with van der Waals surface area (Å²) in [6.07, 6.45) is 5.95. The summed E-state index contributed by atoms with van der Waals surface area (Å²) < 4.78 is 13.8. The third-order valence-electron chi connectivity index (χ3n) is 4.90. The van der Waals surface area contributed by atoms with Gasteiger partial charge in [0.2, 0.25) is 0 Å². The van der Waals surface area contributed by atoms with Crippen molar-refractivity contribution in [3.8, 4) is 22.5 Å². The fourth-order valence-electron chi connectivity index (χ4n) is 3.26. The molecule has 2 aromatic heterocycles. The molecule has 0 spiro atoms. The van der Waals surface area contributed by atoms with Crippen molar-refractivity contribution in [3.05, 3.63) is 94.7 Å². The van der Waals surface area contributed by atoms with Gasteiger partial charge in [-0.25, -0.2) is 14.4 Å². The Balaban J connectivity index is 1.72. The van der Waals surface area contributed by atoms with Crippen molar-refractivity contribution in [1.29, 1.82) is 5.41 Å². The van der Waals surface area contributed by atoms with E-state index in [1.54, 1.807) is 73.8 Å². The van der Waals surface area contributed by atoms with Crippen LogP contribution in [0.1, 0.15) is 21.7 Å². The van der Waals surface area contributed by atoms with Crippen molar-refractivity contribution in [1.82, 2.24) is 15.0 Å². The van der Waals surface area contributed by atoms with Crippen LogP contribution in [0, 0.1) is 18.2 Å². The lowest BCUT2D eigenvalue weighted by Crippen LogP contribution is -2.12. The molecular formula is C25H19ClFN5O. The molecule has 2 heterocycles. The monoisotopic (exact) mass is 459 g/mol. The zero-order valence-electron chi connectivity index (χ0n) is 17.6. The molecule has 164 valence electrons. The van der Waals surface area contributed by atoms with E-state index in [0.717, 1.165) is 17.3 Å². The summed E-state index contributed by atoms with van der Waals surface area (Å²) in [5, 5.41) is 10.5. The number of allylic oxidation sites excluding steroid dienone is 1. The Bertz CT molecular complexity index is 1360. The van der Waals surface area contributed by atoms with Gasteiger partial charge in [0.25, 0.3) is 5.91 Å². The average molecular weight is 460 g/mol. The van der Waals surface area contributed by atoms with Crippen LogP contribution in [-0.2, 0) is 0 Å². The summed E-state index contributed by atoms with van der Waals surface area (Å²) in [4.78, 5) is 24.7. The summed E-state index contributed by atoms with van der Waals surface area (Å²) in [6, 6.07) is 14.9. The van der Waals surface area contributed by atoms with Gasteiger partial charge >= 0.3 is 0 Å². The van der Waals surface area contributed by atoms with E-state index in [1.807, 2.05) is 0 Å². The third-order valence-corrected chi connectivity index (χ3v) is 5.15. The van der Waals surface area contributed by atoms with E-state index in [2.05, 4.69) is 20.3 Å². The molecule has 8 heteroatoms. The minimum absolute atomic E-state index is 0.295. The van der Waals surface area contributed by atoms with Crippen molar-refractivity contribution in [2.45, 2.75) is 6.92 Å². The Labute approximate surface area is 194 Å². The van der Waals surface area contributed by atoms with Crippen LogP contribution in [0.2, 0.25) is 5.02 Å². The first kappa shape index (κ1) is 22.1. The number of rotatable bonds is 6. The molecule has 0 aliphatic heterocycles. The van der Waals surface area contributed by atoms with E-state index in [9.17, 15) is 9.18 Å². The number of amides is 1. The summed E-state index contributed by atoms with van der Waals surface area (Å²) >= 11 is 5.89. The quantitative estimate of drug-likeness (QED) is 0.301. The average Bonchev–Trinajstić information content (AvgIpc) is 3.24. The van der Waals surface area contributed by atoms with Gasteiger partial charge in [-0.05, 0) is 79.2 Å². The molecule has 3 N–H and O–H groups in total. The Hall–Kier alpha value is -4.10. The SMILES string of the molecule is Cc1cc(-c2nc(/C=C\C=N)[nH]c2-c2ccnc(NC(=O)c3ccc(Cl)cc3)c2)ccc1F. The number of benzene rings is 2. The topological polar surface area (TPSA) is 94.5 Å². The fourth-order valence-corrected chi connectivity index (χ4v) is 3.39. The minimum atomic E-state index is -0.315. The lowest BCUT2D eigenvalue weighted by molar-refractivity contribution is 0.102. The highest BCUT2D eigenvalue weighted by Crippen LogP contribution is 2.32. The second-order valence-electron chi connectivity index (χ2n) is 7.23. The highest BCUT2D eigenvalue weighted by molar-refractivity contribution is 6.30. The maximum absolute atomic E-state index is 13.8. The number of nitrogens with one attached hydrogen (secondary N) is 3.